The Morgan fingerprint density at radius 3 is 2.96 bits per heavy atom. The fourth-order valence-corrected chi connectivity index (χ4v) is 3.86. The summed E-state index contributed by atoms with van der Waals surface area (Å²) in [5, 5.41) is 0. The van der Waals surface area contributed by atoms with Gasteiger partial charge in [0.15, 0.2) is 0 Å². The lowest BCUT2D eigenvalue weighted by atomic mass is 9.82. The molecule has 0 radical (unpaired) electrons. The van der Waals surface area contributed by atoms with Crippen molar-refractivity contribution in [2.75, 3.05) is 33.3 Å². The fraction of sp³-hybridized carbons (Fsp3) is 0.526. The van der Waals surface area contributed by atoms with Crippen molar-refractivity contribution in [1.29, 1.82) is 0 Å². The monoisotopic (exact) mass is 356 g/mol. The Morgan fingerprint density at radius 1 is 1.42 bits per heavy atom. The van der Waals surface area contributed by atoms with Crippen molar-refractivity contribution in [1.82, 2.24) is 19.8 Å². The lowest BCUT2D eigenvalue weighted by Gasteiger charge is -2.52. The number of nitrogens with zero attached hydrogens (tertiary/aromatic N) is 4. The minimum atomic E-state index is -0.154. The van der Waals surface area contributed by atoms with E-state index in [1.54, 1.807) is 18.5 Å². The van der Waals surface area contributed by atoms with Crippen LogP contribution in [0.15, 0.2) is 41.4 Å². The second-order valence-corrected chi connectivity index (χ2v) is 7.43. The van der Waals surface area contributed by atoms with Crippen molar-refractivity contribution in [2.24, 2.45) is 5.92 Å². The maximum Gasteiger partial charge on any atom is 0.272 e. The topological polar surface area (TPSA) is 71.7 Å². The largest absolute Gasteiger partial charge is 0.468 e. The molecule has 0 bridgehead atoms. The van der Waals surface area contributed by atoms with E-state index in [2.05, 4.69) is 21.9 Å². The number of rotatable bonds is 5. The first-order valence-corrected chi connectivity index (χ1v) is 9.04. The molecule has 2 saturated heterocycles. The van der Waals surface area contributed by atoms with Gasteiger partial charge in [-0.1, -0.05) is 0 Å². The number of carbonyl (C=O) groups is 1. The molecule has 2 fully saturated rings. The highest BCUT2D eigenvalue weighted by molar-refractivity contribution is 5.92. The molecule has 4 heterocycles. The summed E-state index contributed by atoms with van der Waals surface area (Å²) in [6.45, 7) is 3.86. The van der Waals surface area contributed by atoms with Crippen molar-refractivity contribution in [2.45, 2.75) is 25.0 Å². The average molecular weight is 356 g/mol. The van der Waals surface area contributed by atoms with Crippen LogP contribution in [-0.4, -0.2) is 64.6 Å². The first kappa shape index (κ1) is 17.2. The lowest BCUT2D eigenvalue weighted by Crippen LogP contribution is -2.66. The van der Waals surface area contributed by atoms with Gasteiger partial charge in [-0.25, -0.2) is 9.97 Å². The maximum atomic E-state index is 12.4. The van der Waals surface area contributed by atoms with Crippen molar-refractivity contribution >= 4 is 5.91 Å². The van der Waals surface area contributed by atoms with Crippen LogP contribution in [0.3, 0.4) is 0 Å². The number of carbonyl (C=O) groups excluding carboxylic acids is 1. The van der Waals surface area contributed by atoms with Crippen LogP contribution in [0.2, 0.25) is 0 Å². The summed E-state index contributed by atoms with van der Waals surface area (Å²) in [7, 11) is 2.11. The Labute approximate surface area is 153 Å². The fourth-order valence-electron chi connectivity index (χ4n) is 3.86. The molecule has 1 unspecified atom stereocenters. The quantitative estimate of drug-likeness (QED) is 0.814. The van der Waals surface area contributed by atoms with Crippen molar-refractivity contribution in [3.63, 3.8) is 0 Å². The number of furan rings is 1. The third-order valence-electron chi connectivity index (χ3n) is 5.26. The molecule has 7 heteroatoms. The molecule has 2 aromatic rings. The van der Waals surface area contributed by atoms with Crippen LogP contribution in [0.25, 0.3) is 0 Å². The van der Waals surface area contributed by atoms with Gasteiger partial charge in [0.1, 0.15) is 23.4 Å². The summed E-state index contributed by atoms with van der Waals surface area (Å²) < 4.78 is 11.6. The van der Waals surface area contributed by atoms with E-state index in [0.717, 1.165) is 38.3 Å². The molecule has 1 atom stereocenters. The minimum absolute atomic E-state index is 0.0399. The Kier molecular flexibility index (Phi) is 4.74. The van der Waals surface area contributed by atoms with Crippen molar-refractivity contribution < 1.29 is 13.9 Å². The van der Waals surface area contributed by atoms with Crippen LogP contribution in [0, 0.1) is 5.92 Å². The van der Waals surface area contributed by atoms with Gasteiger partial charge in [0.25, 0.3) is 5.91 Å². The maximum absolute atomic E-state index is 12.4. The Bertz CT molecular complexity index is 719. The first-order valence-electron chi connectivity index (χ1n) is 9.04. The number of aromatic nitrogens is 2. The second-order valence-electron chi connectivity index (χ2n) is 7.43. The standard InChI is InChI=1S/C19H24N4O3/c1-22(10-16-3-2-8-25-16)9-15-4-6-19(26-11-15)12-23(13-19)18(24)17-5-7-20-14-21-17/h2-3,5,7-8,14-15H,4,6,9-13H2,1H3. The zero-order valence-corrected chi connectivity index (χ0v) is 15.0. The molecule has 2 aliphatic rings. The molecule has 7 nitrogen and oxygen atoms in total. The van der Waals surface area contributed by atoms with Gasteiger partial charge in [-0.15, -0.1) is 0 Å². The van der Waals surface area contributed by atoms with Crippen LogP contribution in [-0.2, 0) is 11.3 Å². The van der Waals surface area contributed by atoms with Gasteiger partial charge in [0.05, 0.1) is 32.5 Å². The lowest BCUT2D eigenvalue weighted by molar-refractivity contribution is -0.168. The third-order valence-corrected chi connectivity index (χ3v) is 5.26. The highest BCUT2D eigenvalue weighted by atomic mass is 16.5. The molecular formula is C19H24N4O3. The Balaban J connectivity index is 1.23. The molecule has 138 valence electrons. The van der Waals surface area contributed by atoms with E-state index < -0.39 is 0 Å². The van der Waals surface area contributed by atoms with E-state index in [1.165, 1.54) is 6.33 Å². The zero-order chi connectivity index (χ0) is 18.0. The SMILES string of the molecule is CN(Cc1ccco1)CC1CCC2(CN(C(=O)c3ccncn3)C2)OC1. The molecule has 0 saturated carbocycles. The van der Waals surface area contributed by atoms with Gasteiger partial charge >= 0.3 is 0 Å². The smallest absolute Gasteiger partial charge is 0.272 e. The van der Waals surface area contributed by atoms with E-state index in [9.17, 15) is 4.79 Å². The van der Waals surface area contributed by atoms with E-state index in [1.807, 2.05) is 17.0 Å². The van der Waals surface area contributed by atoms with E-state index in [0.29, 0.717) is 24.7 Å². The molecule has 4 rings (SSSR count). The van der Waals surface area contributed by atoms with Crippen molar-refractivity contribution in [3.05, 3.63) is 48.4 Å². The van der Waals surface area contributed by atoms with Gasteiger partial charge in [0, 0.05) is 12.7 Å². The highest BCUT2D eigenvalue weighted by Gasteiger charge is 2.48. The van der Waals surface area contributed by atoms with Gasteiger partial charge in [-0.2, -0.15) is 0 Å². The van der Waals surface area contributed by atoms with Crippen molar-refractivity contribution in [3.8, 4) is 0 Å². The minimum Gasteiger partial charge on any atom is -0.468 e. The summed E-state index contributed by atoms with van der Waals surface area (Å²) in [4.78, 5) is 24.4. The van der Waals surface area contributed by atoms with Crippen LogP contribution in [0.5, 0.6) is 0 Å². The number of hydrogen-bond acceptors (Lipinski definition) is 6. The summed E-state index contributed by atoms with van der Waals surface area (Å²) in [6.07, 6.45) is 6.83. The molecular weight excluding hydrogens is 332 g/mol. The number of ether oxygens (including phenoxy) is 1. The number of likely N-dealkylation sites (tertiary alicyclic amines) is 1. The van der Waals surface area contributed by atoms with Gasteiger partial charge in [0.2, 0.25) is 0 Å². The average Bonchev–Trinajstić information content (AvgIpc) is 3.13. The van der Waals surface area contributed by atoms with Gasteiger partial charge in [-0.3, -0.25) is 9.69 Å². The van der Waals surface area contributed by atoms with E-state index >= 15 is 0 Å². The van der Waals surface area contributed by atoms with Gasteiger partial charge < -0.3 is 14.1 Å². The molecule has 0 N–H and O–H groups in total. The van der Waals surface area contributed by atoms with Crippen LogP contribution >= 0.6 is 0 Å². The second kappa shape index (κ2) is 7.17. The highest BCUT2D eigenvalue weighted by Crippen LogP contribution is 2.36. The van der Waals surface area contributed by atoms with E-state index in [4.69, 9.17) is 9.15 Å². The predicted octanol–water partition coefficient (Wildman–Crippen LogP) is 1.82. The normalized spacial score (nSPS) is 21.8. The van der Waals surface area contributed by atoms with Crippen LogP contribution < -0.4 is 0 Å². The summed E-state index contributed by atoms with van der Waals surface area (Å²) in [5.74, 6) is 1.47. The summed E-state index contributed by atoms with van der Waals surface area (Å²) in [6, 6.07) is 5.57. The zero-order valence-electron chi connectivity index (χ0n) is 15.0. The Morgan fingerprint density at radius 2 is 2.31 bits per heavy atom. The third kappa shape index (κ3) is 3.64. The summed E-state index contributed by atoms with van der Waals surface area (Å²) in [5.41, 5.74) is 0.293. The number of hydrogen-bond donors (Lipinski definition) is 0. The molecule has 2 aliphatic heterocycles. The molecule has 0 aromatic carbocycles. The van der Waals surface area contributed by atoms with Gasteiger partial charge in [-0.05, 0) is 44.0 Å². The summed E-state index contributed by atoms with van der Waals surface area (Å²) >= 11 is 0. The molecule has 1 amide bonds. The molecule has 2 aromatic heterocycles. The first-order chi connectivity index (χ1) is 12.6. The Hall–Kier alpha value is -2.25. The molecule has 0 aliphatic carbocycles. The number of amides is 1. The molecule has 26 heavy (non-hydrogen) atoms. The van der Waals surface area contributed by atoms with Crippen LogP contribution in [0.1, 0.15) is 29.1 Å². The molecule has 1 spiro atoms. The van der Waals surface area contributed by atoms with Crippen LogP contribution in [0.4, 0.5) is 0 Å². The van der Waals surface area contributed by atoms with E-state index in [-0.39, 0.29) is 11.5 Å². The predicted molar refractivity (Wildman–Crippen MR) is 94.4 cm³/mol.